The summed E-state index contributed by atoms with van der Waals surface area (Å²) in [5.41, 5.74) is 2.82. The number of rotatable bonds is 7. The molecule has 2 aromatic carbocycles. The van der Waals surface area contributed by atoms with Crippen molar-refractivity contribution in [1.82, 2.24) is 14.9 Å². The predicted octanol–water partition coefficient (Wildman–Crippen LogP) is 4.19. The van der Waals surface area contributed by atoms with Gasteiger partial charge in [0.2, 0.25) is 5.91 Å². The van der Waals surface area contributed by atoms with E-state index in [0.717, 1.165) is 11.1 Å². The third kappa shape index (κ3) is 4.63. The first-order valence-electron chi connectivity index (χ1n) is 9.57. The van der Waals surface area contributed by atoms with Gasteiger partial charge >= 0.3 is 0 Å². The van der Waals surface area contributed by atoms with Crippen molar-refractivity contribution in [3.63, 3.8) is 0 Å². The Morgan fingerprint density at radius 1 is 1.10 bits per heavy atom. The first-order chi connectivity index (χ1) is 14.6. The Labute approximate surface area is 182 Å². The molecule has 1 amide bonds. The molecule has 2 aromatic heterocycles. The lowest BCUT2D eigenvalue weighted by Gasteiger charge is -2.19. The lowest BCUT2D eigenvalue weighted by molar-refractivity contribution is -0.119. The van der Waals surface area contributed by atoms with Crippen molar-refractivity contribution in [3.05, 3.63) is 93.6 Å². The van der Waals surface area contributed by atoms with Crippen LogP contribution in [0.4, 0.5) is 0 Å². The Bertz CT molecular complexity index is 1200. The third-order valence-corrected chi connectivity index (χ3v) is 6.72. The number of amides is 1. The Hall–Kier alpha value is -2.90. The number of thiophene rings is 1. The number of hydrogen-bond donors (Lipinski definition) is 1. The number of fused-ring (bicyclic) bond motifs is 1. The summed E-state index contributed by atoms with van der Waals surface area (Å²) >= 11 is 2.66. The Morgan fingerprint density at radius 2 is 1.80 bits per heavy atom. The third-order valence-electron chi connectivity index (χ3n) is 4.80. The SMILES string of the molecule is Cn1c(SCC(=O)NC(Cc2ccccc2)c2ccccc2)nc2ccsc2c1=O. The minimum absolute atomic E-state index is 0.0795. The Kier molecular flexibility index (Phi) is 6.30. The van der Waals surface area contributed by atoms with Crippen LogP contribution in [0.25, 0.3) is 10.2 Å². The van der Waals surface area contributed by atoms with Crippen molar-refractivity contribution in [1.29, 1.82) is 0 Å². The number of thioether (sulfide) groups is 1. The Morgan fingerprint density at radius 3 is 2.53 bits per heavy atom. The zero-order valence-corrected chi connectivity index (χ0v) is 18.1. The summed E-state index contributed by atoms with van der Waals surface area (Å²) in [5, 5.41) is 5.54. The second-order valence-corrected chi connectivity index (χ2v) is 8.76. The van der Waals surface area contributed by atoms with Crippen LogP contribution in [0.3, 0.4) is 0 Å². The van der Waals surface area contributed by atoms with Crippen LogP contribution in [0.5, 0.6) is 0 Å². The largest absolute Gasteiger partial charge is 0.348 e. The molecule has 1 atom stereocenters. The van der Waals surface area contributed by atoms with E-state index in [4.69, 9.17) is 0 Å². The predicted molar refractivity (Wildman–Crippen MR) is 123 cm³/mol. The van der Waals surface area contributed by atoms with Gasteiger partial charge in [-0.05, 0) is 29.0 Å². The fourth-order valence-corrected chi connectivity index (χ4v) is 4.84. The first kappa shape index (κ1) is 20.4. The molecule has 5 nitrogen and oxygen atoms in total. The average Bonchev–Trinajstić information content (AvgIpc) is 3.25. The maximum Gasteiger partial charge on any atom is 0.271 e. The fourth-order valence-electron chi connectivity index (χ4n) is 3.25. The maximum absolute atomic E-state index is 12.8. The molecule has 0 saturated heterocycles. The number of benzene rings is 2. The molecule has 152 valence electrons. The van der Waals surface area contributed by atoms with E-state index in [-0.39, 0.29) is 23.3 Å². The lowest BCUT2D eigenvalue weighted by Crippen LogP contribution is -2.31. The number of carbonyl (C=O) groups is 1. The normalized spacial score (nSPS) is 12.0. The summed E-state index contributed by atoms with van der Waals surface area (Å²) in [6, 6.07) is 21.8. The molecule has 4 rings (SSSR count). The molecule has 30 heavy (non-hydrogen) atoms. The monoisotopic (exact) mass is 435 g/mol. The zero-order valence-electron chi connectivity index (χ0n) is 16.4. The fraction of sp³-hybridized carbons (Fsp3) is 0.174. The smallest absolute Gasteiger partial charge is 0.271 e. The zero-order chi connectivity index (χ0) is 20.9. The van der Waals surface area contributed by atoms with Crippen LogP contribution >= 0.6 is 23.1 Å². The summed E-state index contributed by atoms with van der Waals surface area (Å²) in [6.07, 6.45) is 0.707. The second-order valence-electron chi connectivity index (χ2n) is 6.90. The highest BCUT2D eigenvalue weighted by Gasteiger charge is 2.17. The van der Waals surface area contributed by atoms with Crippen LogP contribution < -0.4 is 10.9 Å². The van der Waals surface area contributed by atoms with E-state index in [1.807, 2.05) is 60.0 Å². The minimum atomic E-state index is -0.127. The molecule has 4 aromatic rings. The van der Waals surface area contributed by atoms with Crippen LogP contribution in [0, 0.1) is 0 Å². The van der Waals surface area contributed by atoms with Crippen molar-refractivity contribution < 1.29 is 4.79 Å². The maximum atomic E-state index is 12.8. The summed E-state index contributed by atoms with van der Waals surface area (Å²) < 4.78 is 2.15. The van der Waals surface area contributed by atoms with E-state index in [1.165, 1.54) is 27.7 Å². The molecule has 0 aliphatic heterocycles. The first-order valence-corrected chi connectivity index (χ1v) is 11.4. The van der Waals surface area contributed by atoms with Crippen molar-refractivity contribution in [2.75, 3.05) is 5.75 Å². The van der Waals surface area contributed by atoms with E-state index < -0.39 is 0 Å². The molecule has 2 heterocycles. The van der Waals surface area contributed by atoms with Crippen LogP contribution in [0.1, 0.15) is 17.2 Å². The van der Waals surface area contributed by atoms with Gasteiger partial charge < -0.3 is 5.32 Å². The molecule has 1 unspecified atom stereocenters. The second kappa shape index (κ2) is 9.28. The van der Waals surface area contributed by atoms with Gasteiger partial charge in [-0.25, -0.2) is 4.98 Å². The molecule has 0 fully saturated rings. The topological polar surface area (TPSA) is 64.0 Å². The van der Waals surface area contributed by atoms with Crippen molar-refractivity contribution in [2.45, 2.75) is 17.6 Å². The summed E-state index contributed by atoms with van der Waals surface area (Å²) in [4.78, 5) is 29.7. The molecule has 1 N–H and O–H groups in total. The molecule has 0 spiro atoms. The van der Waals surface area contributed by atoms with Crippen LogP contribution in [-0.4, -0.2) is 21.2 Å². The molecular formula is C23H21N3O2S2. The highest BCUT2D eigenvalue weighted by Crippen LogP contribution is 2.22. The van der Waals surface area contributed by atoms with Crippen molar-refractivity contribution >= 4 is 39.2 Å². The quantitative estimate of drug-likeness (QED) is 0.349. The molecule has 0 aliphatic rings. The summed E-state index contributed by atoms with van der Waals surface area (Å²) in [5.74, 6) is 0.0954. The molecule has 0 bridgehead atoms. The van der Waals surface area contributed by atoms with Gasteiger partial charge in [-0.15, -0.1) is 11.3 Å². The highest BCUT2D eigenvalue weighted by molar-refractivity contribution is 7.99. The van der Waals surface area contributed by atoms with Crippen molar-refractivity contribution in [3.8, 4) is 0 Å². The number of hydrogen-bond acceptors (Lipinski definition) is 5. The van der Waals surface area contributed by atoms with Gasteiger partial charge in [0.25, 0.3) is 5.56 Å². The summed E-state index contributed by atoms with van der Waals surface area (Å²) in [7, 11) is 1.69. The standard InChI is InChI=1S/C23H21N3O2S2/c1-26-22(28)21-18(12-13-29-21)25-23(26)30-15-20(27)24-19(17-10-6-3-7-11-17)14-16-8-4-2-5-9-16/h2-13,19H,14-15H2,1H3,(H,24,27). The van der Waals surface area contributed by atoms with Gasteiger partial charge in [-0.3, -0.25) is 14.2 Å². The minimum Gasteiger partial charge on any atom is -0.348 e. The van der Waals surface area contributed by atoms with E-state index in [2.05, 4.69) is 22.4 Å². The van der Waals surface area contributed by atoms with Gasteiger partial charge in [0.15, 0.2) is 5.16 Å². The van der Waals surface area contributed by atoms with Crippen LogP contribution in [-0.2, 0) is 18.3 Å². The van der Waals surface area contributed by atoms with Gasteiger partial charge in [0, 0.05) is 7.05 Å². The lowest BCUT2D eigenvalue weighted by atomic mass is 9.99. The van der Waals surface area contributed by atoms with Gasteiger partial charge in [-0.1, -0.05) is 72.4 Å². The van der Waals surface area contributed by atoms with Crippen molar-refractivity contribution in [2.24, 2.45) is 7.05 Å². The van der Waals surface area contributed by atoms with E-state index >= 15 is 0 Å². The Balaban J connectivity index is 1.48. The molecule has 0 saturated carbocycles. The van der Waals surface area contributed by atoms with Crippen LogP contribution in [0.15, 0.2) is 82.1 Å². The van der Waals surface area contributed by atoms with Gasteiger partial charge in [-0.2, -0.15) is 0 Å². The van der Waals surface area contributed by atoms with Crippen LogP contribution in [0.2, 0.25) is 0 Å². The number of carbonyl (C=O) groups excluding carboxylic acids is 1. The van der Waals surface area contributed by atoms with E-state index in [0.29, 0.717) is 21.8 Å². The highest BCUT2D eigenvalue weighted by atomic mass is 32.2. The molecular weight excluding hydrogens is 414 g/mol. The average molecular weight is 436 g/mol. The van der Waals surface area contributed by atoms with E-state index in [9.17, 15) is 9.59 Å². The van der Waals surface area contributed by atoms with Gasteiger partial charge in [0.05, 0.1) is 17.3 Å². The molecule has 0 aliphatic carbocycles. The number of aromatic nitrogens is 2. The van der Waals surface area contributed by atoms with Gasteiger partial charge in [0.1, 0.15) is 4.70 Å². The van der Waals surface area contributed by atoms with E-state index in [1.54, 1.807) is 7.05 Å². The summed E-state index contributed by atoms with van der Waals surface area (Å²) in [6.45, 7) is 0. The number of nitrogens with zero attached hydrogens (tertiary/aromatic N) is 2. The molecule has 7 heteroatoms. The number of nitrogens with one attached hydrogen (secondary N) is 1. The molecule has 0 radical (unpaired) electrons.